The second kappa shape index (κ2) is 12.5. The molecule has 9 heteroatoms. The average Bonchev–Trinajstić information content (AvgIpc) is 2.55. The van der Waals surface area contributed by atoms with Gasteiger partial charge in [0.2, 0.25) is 10.0 Å². The van der Waals surface area contributed by atoms with Crippen LogP contribution in [0.25, 0.3) is 0 Å². The molecule has 0 aliphatic carbocycles. The first-order valence-electron chi connectivity index (χ1n) is 8.83. The number of hydrogen-bond acceptors (Lipinski definition) is 4. The van der Waals surface area contributed by atoms with E-state index in [1.54, 1.807) is 25.2 Å². The Balaban J connectivity index is 0.00000676. The Hall–Kier alpha value is -0.910. The van der Waals surface area contributed by atoms with Crippen molar-refractivity contribution < 1.29 is 13.2 Å². The molecule has 1 rings (SSSR count). The number of benzene rings is 1. The highest BCUT2D eigenvalue weighted by Gasteiger charge is 2.24. The number of nitrogens with one attached hydrogen (secondary N) is 3. The third kappa shape index (κ3) is 10.3. The first-order valence-corrected chi connectivity index (χ1v) is 10.3. The number of rotatable bonds is 9. The van der Waals surface area contributed by atoms with Gasteiger partial charge in [0, 0.05) is 38.9 Å². The molecule has 0 spiro atoms. The van der Waals surface area contributed by atoms with E-state index < -0.39 is 15.6 Å². The topological polar surface area (TPSA) is 91.8 Å². The minimum Gasteiger partial charge on any atom is -0.382 e. The number of hydrogen-bond donors (Lipinski definition) is 3. The zero-order valence-electron chi connectivity index (χ0n) is 16.8. The molecule has 27 heavy (non-hydrogen) atoms. The molecule has 0 unspecified atom stereocenters. The Morgan fingerprint density at radius 3 is 2.44 bits per heavy atom. The smallest absolute Gasteiger partial charge is 0.241 e. The summed E-state index contributed by atoms with van der Waals surface area (Å²) in [6, 6.07) is 6.96. The highest BCUT2D eigenvalue weighted by atomic mass is 127. The number of guanidine groups is 1. The Morgan fingerprint density at radius 1 is 1.19 bits per heavy atom. The summed E-state index contributed by atoms with van der Waals surface area (Å²) in [5.41, 5.74) is 0.138. The molecule has 0 atom stereocenters. The molecule has 1 aromatic rings. The molecular formula is C18H33IN4O3S. The molecule has 3 N–H and O–H groups in total. The maximum Gasteiger partial charge on any atom is 0.241 e. The lowest BCUT2D eigenvalue weighted by Gasteiger charge is -2.22. The van der Waals surface area contributed by atoms with E-state index in [-0.39, 0.29) is 28.9 Å². The summed E-state index contributed by atoms with van der Waals surface area (Å²) in [7, 11) is -1.92. The number of halogens is 1. The van der Waals surface area contributed by atoms with Gasteiger partial charge >= 0.3 is 0 Å². The van der Waals surface area contributed by atoms with Crippen molar-refractivity contribution in [1.82, 2.24) is 15.4 Å². The van der Waals surface area contributed by atoms with Crippen molar-refractivity contribution in [3.63, 3.8) is 0 Å². The van der Waals surface area contributed by atoms with Crippen molar-refractivity contribution in [1.29, 1.82) is 0 Å². The Kier molecular flexibility index (Phi) is 12.1. The molecule has 7 nitrogen and oxygen atoms in total. The van der Waals surface area contributed by atoms with Gasteiger partial charge in [-0.1, -0.05) is 18.2 Å². The van der Waals surface area contributed by atoms with E-state index in [1.165, 1.54) is 0 Å². The van der Waals surface area contributed by atoms with Gasteiger partial charge in [-0.25, -0.2) is 13.1 Å². The van der Waals surface area contributed by atoms with E-state index in [9.17, 15) is 8.42 Å². The van der Waals surface area contributed by atoms with E-state index in [0.717, 1.165) is 13.0 Å². The van der Waals surface area contributed by atoms with Crippen LogP contribution in [0.3, 0.4) is 0 Å². The van der Waals surface area contributed by atoms with Gasteiger partial charge in [-0.2, -0.15) is 0 Å². The number of aliphatic imine (C=N–C) groups is 1. The summed E-state index contributed by atoms with van der Waals surface area (Å²) in [5, 5.41) is 6.35. The molecule has 0 fully saturated rings. The van der Waals surface area contributed by atoms with Crippen molar-refractivity contribution in [2.75, 3.05) is 26.8 Å². The largest absolute Gasteiger partial charge is 0.382 e. The Bertz CT molecular complexity index is 688. The fourth-order valence-corrected chi connectivity index (χ4v) is 3.95. The standard InChI is InChI=1S/C18H32N4O3S.HI/c1-6-25-13-9-12-20-17(19-5)21-14-15-10-7-8-11-16(15)26(23,24)22-18(2,3)4;/h7-8,10-11,22H,6,9,12-14H2,1-5H3,(H2,19,20,21);1H. The molecule has 0 amide bonds. The average molecular weight is 512 g/mol. The molecule has 0 heterocycles. The molecule has 0 aliphatic heterocycles. The van der Waals surface area contributed by atoms with Crippen LogP contribution in [0.1, 0.15) is 39.7 Å². The lowest BCUT2D eigenvalue weighted by atomic mass is 10.1. The van der Waals surface area contributed by atoms with E-state index >= 15 is 0 Å². The minimum atomic E-state index is -3.60. The molecule has 0 aliphatic rings. The van der Waals surface area contributed by atoms with Crippen LogP contribution in [-0.2, 0) is 21.3 Å². The van der Waals surface area contributed by atoms with Crippen LogP contribution in [0.2, 0.25) is 0 Å². The highest BCUT2D eigenvalue weighted by Crippen LogP contribution is 2.17. The fraction of sp³-hybridized carbons (Fsp3) is 0.611. The van der Waals surface area contributed by atoms with Crippen LogP contribution < -0.4 is 15.4 Å². The van der Waals surface area contributed by atoms with Crippen LogP contribution >= 0.6 is 24.0 Å². The SMILES string of the molecule is CCOCCCNC(=NC)NCc1ccccc1S(=O)(=O)NC(C)(C)C.I. The summed E-state index contributed by atoms with van der Waals surface area (Å²) in [6.45, 7) is 9.91. The third-order valence-electron chi connectivity index (χ3n) is 3.33. The van der Waals surface area contributed by atoms with E-state index in [1.807, 2.05) is 33.8 Å². The quantitative estimate of drug-likeness (QED) is 0.205. The van der Waals surface area contributed by atoms with Gasteiger partial charge in [-0.3, -0.25) is 4.99 Å². The Labute approximate surface area is 180 Å². The van der Waals surface area contributed by atoms with E-state index in [0.29, 0.717) is 31.3 Å². The zero-order chi connectivity index (χ0) is 19.6. The van der Waals surface area contributed by atoms with Gasteiger partial charge in [0.15, 0.2) is 5.96 Å². The van der Waals surface area contributed by atoms with Crippen LogP contribution in [-0.4, -0.2) is 46.7 Å². The van der Waals surface area contributed by atoms with Crippen LogP contribution in [0, 0.1) is 0 Å². The first kappa shape index (κ1) is 26.1. The molecule has 0 radical (unpaired) electrons. The van der Waals surface area contributed by atoms with Crippen LogP contribution in [0.4, 0.5) is 0 Å². The van der Waals surface area contributed by atoms with Crippen molar-refractivity contribution >= 4 is 40.0 Å². The number of nitrogens with zero attached hydrogens (tertiary/aromatic N) is 1. The monoisotopic (exact) mass is 512 g/mol. The van der Waals surface area contributed by atoms with Gasteiger partial charge in [0.05, 0.1) is 4.90 Å². The number of sulfonamides is 1. The molecule has 0 saturated heterocycles. The van der Waals surface area contributed by atoms with Crippen molar-refractivity contribution in [2.45, 2.75) is 51.1 Å². The normalized spacial score (nSPS) is 12.4. The van der Waals surface area contributed by atoms with Crippen LogP contribution in [0.15, 0.2) is 34.2 Å². The summed E-state index contributed by atoms with van der Waals surface area (Å²) in [4.78, 5) is 4.43. The molecular weight excluding hydrogens is 479 g/mol. The summed E-state index contributed by atoms with van der Waals surface area (Å²) >= 11 is 0. The summed E-state index contributed by atoms with van der Waals surface area (Å²) in [6.07, 6.45) is 0.870. The third-order valence-corrected chi connectivity index (χ3v) is 5.19. The molecule has 0 saturated carbocycles. The molecule has 0 aromatic heterocycles. The maximum absolute atomic E-state index is 12.7. The van der Waals surface area contributed by atoms with E-state index in [2.05, 4.69) is 20.3 Å². The van der Waals surface area contributed by atoms with Crippen molar-refractivity contribution in [3.05, 3.63) is 29.8 Å². The Morgan fingerprint density at radius 2 is 1.85 bits per heavy atom. The van der Waals surface area contributed by atoms with E-state index in [4.69, 9.17) is 4.74 Å². The minimum absolute atomic E-state index is 0. The van der Waals surface area contributed by atoms with Crippen molar-refractivity contribution in [3.8, 4) is 0 Å². The van der Waals surface area contributed by atoms with Gasteiger partial charge in [-0.05, 0) is 45.7 Å². The van der Waals surface area contributed by atoms with Gasteiger partial charge in [0.25, 0.3) is 0 Å². The van der Waals surface area contributed by atoms with Gasteiger partial charge in [-0.15, -0.1) is 24.0 Å². The fourth-order valence-electron chi connectivity index (χ4n) is 2.30. The number of ether oxygens (including phenoxy) is 1. The predicted octanol–water partition coefficient (Wildman–Crippen LogP) is 2.47. The predicted molar refractivity (Wildman–Crippen MR) is 121 cm³/mol. The summed E-state index contributed by atoms with van der Waals surface area (Å²) in [5.74, 6) is 0.623. The molecule has 1 aromatic carbocycles. The van der Waals surface area contributed by atoms with Crippen LogP contribution in [0.5, 0.6) is 0 Å². The first-order chi connectivity index (χ1) is 12.2. The second-order valence-electron chi connectivity index (χ2n) is 6.87. The van der Waals surface area contributed by atoms with Gasteiger partial charge in [0.1, 0.15) is 0 Å². The molecule has 0 bridgehead atoms. The molecule has 156 valence electrons. The zero-order valence-corrected chi connectivity index (χ0v) is 20.0. The maximum atomic E-state index is 12.7. The second-order valence-corrected chi connectivity index (χ2v) is 8.52. The summed E-state index contributed by atoms with van der Waals surface area (Å²) < 4.78 is 33.3. The highest BCUT2D eigenvalue weighted by molar-refractivity contribution is 14.0. The van der Waals surface area contributed by atoms with Crippen molar-refractivity contribution in [2.24, 2.45) is 4.99 Å². The lowest BCUT2D eigenvalue weighted by Crippen LogP contribution is -2.41. The lowest BCUT2D eigenvalue weighted by molar-refractivity contribution is 0.145. The van der Waals surface area contributed by atoms with Gasteiger partial charge < -0.3 is 15.4 Å².